The minimum atomic E-state index is -0.122. The van der Waals surface area contributed by atoms with Crippen LogP contribution in [0.3, 0.4) is 0 Å². The van der Waals surface area contributed by atoms with Gasteiger partial charge < -0.3 is 4.74 Å². The zero-order valence-corrected chi connectivity index (χ0v) is 11.4. The van der Waals surface area contributed by atoms with Crippen molar-refractivity contribution >= 4 is 0 Å². The van der Waals surface area contributed by atoms with Crippen LogP contribution in [0.15, 0.2) is 12.4 Å². The van der Waals surface area contributed by atoms with Gasteiger partial charge >= 0.3 is 0 Å². The Bertz CT molecular complexity index is 371. The molecular weight excluding hydrogens is 228 g/mol. The number of nitrogens with two attached hydrogens (primary N) is 1. The van der Waals surface area contributed by atoms with Crippen molar-refractivity contribution in [1.29, 1.82) is 0 Å². The summed E-state index contributed by atoms with van der Waals surface area (Å²) in [6.45, 7) is 0. The van der Waals surface area contributed by atoms with Crippen molar-refractivity contribution in [3.8, 4) is 0 Å². The topological polar surface area (TPSA) is 65.1 Å². The van der Waals surface area contributed by atoms with Crippen LogP contribution in [0.25, 0.3) is 0 Å². The summed E-state index contributed by atoms with van der Waals surface area (Å²) in [6.07, 6.45) is 10.7. The van der Waals surface area contributed by atoms with Gasteiger partial charge in [-0.05, 0) is 24.8 Å². The van der Waals surface area contributed by atoms with Gasteiger partial charge in [0.05, 0.1) is 17.8 Å². The summed E-state index contributed by atoms with van der Waals surface area (Å²) in [6, 6.07) is 0.145. The van der Waals surface area contributed by atoms with E-state index in [4.69, 9.17) is 10.6 Å². The van der Waals surface area contributed by atoms with Gasteiger partial charge in [-0.2, -0.15) is 5.10 Å². The van der Waals surface area contributed by atoms with E-state index < -0.39 is 0 Å². The van der Waals surface area contributed by atoms with E-state index in [1.54, 1.807) is 7.11 Å². The van der Waals surface area contributed by atoms with E-state index in [1.165, 1.54) is 24.8 Å². The summed E-state index contributed by atoms with van der Waals surface area (Å²) in [4.78, 5) is 0. The van der Waals surface area contributed by atoms with Crippen LogP contribution in [0.4, 0.5) is 0 Å². The summed E-state index contributed by atoms with van der Waals surface area (Å²) in [7, 11) is 3.74. The number of aryl methyl sites for hydroxylation is 1. The van der Waals surface area contributed by atoms with Crippen molar-refractivity contribution in [3.05, 3.63) is 18.0 Å². The predicted molar refractivity (Wildman–Crippen MR) is 70.8 cm³/mol. The lowest BCUT2D eigenvalue weighted by Crippen LogP contribution is -2.56. The molecule has 1 saturated carbocycles. The summed E-state index contributed by atoms with van der Waals surface area (Å²) in [5, 5.41) is 4.20. The van der Waals surface area contributed by atoms with Crippen molar-refractivity contribution in [2.24, 2.45) is 12.9 Å². The Morgan fingerprint density at radius 2 is 2.22 bits per heavy atom. The fraction of sp³-hybridized carbons (Fsp3) is 0.769. The summed E-state index contributed by atoms with van der Waals surface area (Å²) >= 11 is 0. The summed E-state index contributed by atoms with van der Waals surface area (Å²) in [5.41, 5.74) is 4.03. The predicted octanol–water partition coefficient (Wildman–Crippen LogP) is 1.14. The average molecular weight is 252 g/mol. The molecule has 1 unspecified atom stereocenters. The highest BCUT2D eigenvalue weighted by Gasteiger charge is 2.39. The van der Waals surface area contributed by atoms with Crippen LogP contribution < -0.4 is 11.3 Å². The van der Waals surface area contributed by atoms with Crippen molar-refractivity contribution in [1.82, 2.24) is 15.2 Å². The summed E-state index contributed by atoms with van der Waals surface area (Å²) < 4.78 is 7.66. The molecule has 5 nitrogen and oxygen atoms in total. The molecule has 0 saturated heterocycles. The minimum absolute atomic E-state index is 0.122. The number of methoxy groups -OCH3 is 1. The normalized spacial score (nSPS) is 20.8. The Hall–Kier alpha value is -0.910. The Balaban J connectivity index is 2.10. The molecule has 0 bridgehead atoms. The molecule has 102 valence electrons. The van der Waals surface area contributed by atoms with E-state index in [0.717, 1.165) is 19.3 Å². The van der Waals surface area contributed by atoms with Crippen molar-refractivity contribution in [3.63, 3.8) is 0 Å². The van der Waals surface area contributed by atoms with Gasteiger partial charge in [0.15, 0.2) is 0 Å². The number of ether oxygens (including phenoxy) is 1. The fourth-order valence-electron chi connectivity index (χ4n) is 3.05. The number of hydrogen-bond donors (Lipinski definition) is 2. The van der Waals surface area contributed by atoms with Crippen LogP contribution in [0.2, 0.25) is 0 Å². The van der Waals surface area contributed by atoms with Gasteiger partial charge in [-0.1, -0.05) is 19.3 Å². The van der Waals surface area contributed by atoms with Gasteiger partial charge in [0, 0.05) is 20.4 Å². The maximum atomic E-state index is 5.84. The molecule has 1 aromatic rings. The van der Waals surface area contributed by atoms with E-state index in [9.17, 15) is 0 Å². The summed E-state index contributed by atoms with van der Waals surface area (Å²) in [5.74, 6) is 5.76. The minimum Gasteiger partial charge on any atom is -0.377 e. The molecule has 1 atom stereocenters. The highest BCUT2D eigenvalue weighted by atomic mass is 16.5. The third-order valence-electron chi connectivity index (χ3n) is 4.14. The Kier molecular flexibility index (Phi) is 4.37. The second-order valence-electron chi connectivity index (χ2n) is 5.28. The molecule has 2 rings (SSSR count). The van der Waals surface area contributed by atoms with Crippen LogP contribution in [0.5, 0.6) is 0 Å². The van der Waals surface area contributed by atoms with E-state index in [1.807, 2.05) is 24.1 Å². The zero-order valence-electron chi connectivity index (χ0n) is 11.4. The lowest BCUT2D eigenvalue weighted by molar-refractivity contribution is -0.0673. The maximum Gasteiger partial charge on any atom is 0.0847 e. The molecule has 0 spiro atoms. The highest BCUT2D eigenvalue weighted by Crippen LogP contribution is 2.35. The monoisotopic (exact) mass is 252 g/mol. The number of hydrogen-bond acceptors (Lipinski definition) is 4. The van der Waals surface area contributed by atoms with Crippen LogP contribution in [0.1, 0.15) is 37.7 Å². The number of nitrogens with one attached hydrogen (secondary N) is 1. The van der Waals surface area contributed by atoms with Crippen LogP contribution in [-0.2, 0) is 18.2 Å². The quantitative estimate of drug-likeness (QED) is 0.609. The molecule has 18 heavy (non-hydrogen) atoms. The molecule has 0 aromatic carbocycles. The number of rotatable bonds is 5. The molecule has 1 aliphatic rings. The molecule has 3 N–H and O–H groups in total. The van der Waals surface area contributed by atoms with Crippen LogP contribution in [-0.4, -0.2) is 28.5 Å². The SMILES string of the molecule is COC1(C(Cc2cnn(C)c2)NN)CCCCC1. The first-order valence-corrected chi connectivity index (χ1v) is 6.69. The van der Waals surface area contributed by atoms with Gasteiger partial charge in [0.25, 0.3) is 0 Å². The molecule has 0 amide bonds. The molecule has 1 aliphatic carbocycles. The van der Waals surface area contributed by atoms with E-state index in [2.05, 4.69) is 10.5 Å². The molecule has 0 aliphatic heterocycles. The van der Waals surface area contributed by atoms with Gasteiger partial charge in [-0.15, -0.1) is 0 Å². The molecular formula is C13H24N4O. The lowest BCUT2D eigenvalue weighted by atomic mass is 9.77. The maximum absolute atomic E-state index is 5.84. The smallest absolute Gasteiger partial charge is 0.0847 e. The third-order valence-corrected chi connectivity index (χ3v) is 4.14. The first kappa shape index (κ1) is 13.5. The Morgan fingerprint density at radius 1 is 1.50 bits per heavy atom. The Morgan fingerprint density at radius 3 is 2.72 bits per heavy atom. The Labute approximate surface area is 109 Å². The average Bonchev–Trinajstić information content (AvgIpc) is 2.82. The van der Waals surface area contributed by atoms with Gasteiger partial charge in [0.2, 0.25) is 0 Å². The van der Waals surface area contributed by atoms with Crippen molar-refractivity contribution in [2.75, 3.05) is 7.11 Å². The van der Waals surface area contributed by atoms with Gasteiger partial charge in [0.1, 0.15) is 0 Å². The van der Waals surface area contributed by atoms with E-state index in [0.29, 0.717) is 0 Å². The molecule has 0 radical (unpaired) electrons. The molecule has 5 heteroatoms. The second kappa shape index (κ2) is 5.82. The van der Waals surface area contributed by atoms with E-state index in [-0.39, 0.29) is 11.6 Å². The fourth-order valence-corrected chi connectivity index (χ4v) is 3.05. The largest absolute Gasteiger partial charge is 0.377 e. The molecule has 1 heterocycles. The first-order valence-electron chi connectivity index (χ1n) is 6.69. The second-order valence-corrected chi connectivity index (χ2v) is 5.28. The van der Waals surface area contributed by atoms with Crippen molar-refractivity contribution in [2.45, 2.75) is 50.2 Å². The molecule has 1 fully saturated rings. The first-order chi connectivity index (χ1) is 8.70. The zero-order chi connectivity index (χ0) is 13.0. The third kappa shape index (κ3) is 2.74. The standard InChI is InChI=1S/C13H24N4O/c1-17-10-11(9-15-17)8-12(16-14)13(18-2)6-4-3-5-7-13/h9-10,12,16H,3-8,14H2,1-2H3. The van der Waals surface area contributed by atoms with E-state index >= 15 is 0 Å². The van der Waals surface area contributed by atoms with Crippen LogP contribution >= 0.6 is 0 Å². The van der Waals surface area contributed by atoms with Gasteiger partial charge in [-0.25, -0.2) is 0 Å². The number of aromatic nitrogens is 2. The van der Waals surface area contributed by atoms with Crippen LogP contribution in [0, 0.1) is 0 Å². The molecule has 1 aromatic heterocycles. The van der Waals surface area contributed by atoms with Crippen molar-refractivity contribution < 1.29 is 4.74 Å². The number of hydrazine groups is 1. The number of nitrogens with zero attached hydrogens (tertiary/aromatic N) is 2. The van der Waals surface area contributed by atoms with Gasteiger partial charge in [-0.3, -0.25) is 16.0 Å². The highest BCUT2D eigenvalue weighted by molar-refractivity contribution is 5.09. The lowest BCUT2D eigenvalue weighted by Gasteiger charge is -2.42.